The second kappa shape index (κ2) is 7.44. The minimum absolute atomic E-state index is 0.361. The van der Waals surface area contributed by atoms with Gasteiger partial charge in [0.25, 0.3) is 5.91 Å². The molecule has 0 spiro atoms. The van der Waals surface area contributed by atoms with Gasteiger partial charge in [0, 0.05) is 5.56 Å². The van der Waals surface area contributed by atoms with Gasteiger partial charge in [-0.2, -0.15) is 5.10 Å². The van der Waals surface area contributed by atoms with Gasteiger partial charge < -0.3 is 9.15 Å². The van der Waals surface area contributed by atoms with Gasteiger partial charge >= 0.3 is 0 Å². The highest BCUT2D eigenvalue weighted by molar-refractivity contribution is 5.94. The van der Waals surface area contributed by atoms with Crippen LogP contribution < -0.4 is 10.2 Å². The first-order valence-electron chi connectivity index (χ1n) is 7.49. The predicted molar refractivity (Wildman–Crippen MR) is 92.2 cm³/mol. The lowest BCUT2D eigenvalue weighted by molar-refractivity contribution is 0.0955. The van der Waals surface area contributed by atoms with Crippen molar-refractivity contribution in [2.24, 2.45) is 5.10 Å². The number of rotatable bonds is 5. The average molecular weight is 338 g/mol. The highest BCUT2D eigenvalue weighted by Gasteiger charge is 2.08. The van der Waals surface area contributed by atoms with Crippen LogP contribution in [0, 0.1) is 5.82 Å². The van der Waals surface area contributed by atoms with E-state index in [-0.39, 0.29) is 11.7 Å². The van der Waals surface area contributed by atoms with Crippen molar-refractivity contribution >= 4 is 12.1 Å². The molecule has 0 atom stereocenters. The summed E-state index contributed by atoms with van der Waals surface area (Å²) in [6.45, 7) is 0. The van der Waals surface area contributed by atoms with E-state index in [1.807, 2.05) is 0 Å². The topological polar surface area (TPSA) is 63.8 Å². The van der Waals surface area contributed by atoms with E-state index >= 15 is 0 Å². The summed E-state index contributed by atoms with van der Waals surface area (Å²) in [5.41, 5.74) is 3.21. The van der Waals surface area contributed by atoms with Gasteiger partial charge in [0.2, 0.25) is 0 Å². The molecule has 6 heteroatoms. The van der Waals surface area contributed by atoms with Crippen molar-refractivity contribution in [1.82, 2.24) is 5.43 Å². The Kier molecular flexibility index (Phi) is 4.89. The maximum atomic E-state index is 13.7. The number of nitrogens with one attached hydrogen (secondary N) is 1. The van der Waals surface area contributed by atoms with Crippen LogP contribution in [-0.2, 0) is 0 Å². The van der Waals surface area contributed by atoms with Crippen LogP contribution in [0.25, 0.3) is 11.3 Å². The average Bonchev–Trinajstić information content (AvgIpc) is 3.10. The molecule has 0 radical (unpaired) electrons. The third-order valence-electron chi connectivity index (χ3n) is 3.48. The van der Waals surface area contributed by atoms with Crippen molar-refractivity contribution < 1.29 is 18.3 Å². The van der Waals surface area contributed by atoms with Crippen LogP contribution in [0.3, 0.4) is 0 Å². The third-order valence-corrected chi connectivity index (χ3v) is 3.48. The molecule has 0 aliphatic heterocycles. The second-order valence-electron chi connectivity index (χ2n) is 5.11. The SMILES string of the molecule is COc1ccc(C(=O)N/N=C\c2ccc(-c3ccccc3F)o2)cc1. The van der Waals surface area contributed by atoms with Gasteiger partial charge in [0.15, 0.2) is 0 Å². The van der Waals surface area contributed by atoms with Crippen LogP contribution in [0.4, 0.5) is 4.39 Å². The number of nitrogens with zero attached hydrogens (tertiary/aromatic N) is 1. The van der Waals surface area contributed by atoms with E-state index in [9.17, 15) is 9.18 Å². The predicted octanol–water partition coefficient (Wildman–Crippen LogP) is 3.86. The molecule has 0 bridgehead atoms. The summed E-state index contributed by atoms with van der Waals surface area (Å²) in [6, 6.07) is 16.2. The smallest absolute Gasteiger partial charge is 0.271 e. The number of hydrazone groups is 1. The quantitative estimate of drug-likeness (QED) is 0.567. The van der Waals surface area contributed by atoms with Gasteiger partial charge in [0.05, 0.1) is 18.9 Å². The monoisotopic (exact) mass is 338 g/mol. The maximum absolute atomic E-state index is 13.7. The number of carbonyl (C=O) groups excluding carboxylic acids is 1. The number of benzene rings is 2. The fraction of sp³-hybridized carbons (Fsp3) is 0.0526. The van der Waals surface area contributed by atoms with Crippen molar-refractivity contribution in [3.63, 3.8) is 0 Å². The number of hydrogen-bond donors (Lipinski definition) is 1. The zero-order valence-electron chi connectivity index (χ0n) is 13.4. The molecule has 0 fully saturated rings. The number of halogens is 1. The molecule has 3 rings (SSSR count). The normalized spacial score (nSPS) is 10.8. The first kappa shape index (κ1) is 16.4. The minimum atomic E-state index is -0.367. The summed E-state index contributed by atoms with van der Waals surface area (Å²) >= 11 is 0. The molecule has 25 heavy (non-hydrogen) atoms. The van der Waals surface area contributed by atoms with Crippen LogP contribution in [0.15, 0.2) is 70.2 Å². The minimum Gasteiger partial charge on any atom is -0.497 e. The summed E-state index contributed by atoms with van der Waals surface area (Å²) < 4.78 is 24.3. The molecule has 3 aromatic rings. The molecule has 0 aliphatic rings. The number of carbonyl (C=O) groups is 1. The van der Waals surface area contributed by atoms with Crippen LogP contribution in [0.2, 0.25) is 0 Å². The summed E-state index contributed by atoms with van der Waals surface area (Å²) in [4.78, 5) is 12.0. The molecule has 2 aromatic carbocycles. The standard InChI is InChI=1S/C19H15FN2O3/c1-24-14-8-6-13(7-9-14)19(23)22-21-12-15-10-11-18(25-15)16-4-2-3-5-17(16)20/h2-12H,1H3,(H,22,23)/b21-12-. The van der Waals surface area contributed by atoms with Gasteiger partial charge in [-0.25, -0.2) is 9.82 Å². The summed E-state index contributed by atoms with van der Waals surface area (Å²) in [5.74, 6) is 0.721. The molecule has 0 unspecified atom stereocenters. The number of furan rings is 1. The van der Waals surface area contributed by atoms with Crippen molar-refractivity contribution in [1.29, 1.82) is 0 Å². The summed E-state index contributed by atoms with van der Waals surface area (Å²) in [7, 11) is 1.55. The van der Waals surface area contributed by atoms with Crippen molar-refractivity contribution in [2.75, 3.05) is 7.11 Å². The molecule has 0 aliphatic carbocycles. The highest BCUT2D eigenvalue weighted by atomic mass is 19.1. The fourth-order valence-electron chi connectivity index (χ4n) is 2.19. The molecule has 1 N–H and O–H groups in total. The number of methoxy groups -OCH3 is 1. The molecule has 5 nitrogen and oxygen atoms in total. The van der Waals surface area contributed by atoms with Crippen LogP contribution in [0.1, 0.15) is 16.1 Å². The number of ether oxygens (including phenoxy) is 1. The molecule has 0 saturated heterocycles. The number of amides is 1. The van der Waals surface area contributed by atoms with Gasteiger partial charge in [-0.05, 0) is 48.5 Å². The molecular weight excluding hydrogens is 323 g/mol. The Bertz CT molecular complexity index is 901. The fourth-order valence-corrected chi connectivity index (χ4v) is 2.19. The van der Waals surface area contributed by atoms with Crippen LogP contribution in [0.5, 0.6) is 5.75 Å². The zero-order chi connectivity index (χ0) is 17.6. The van der Waals surface area contributed by atoms with Crippen LogP contribution >= 0.6 is 0 Å². The summed E-state index contributed by atoms with van der Waals surface area (Å²) in [6.07, 6.45) is 1.35. The van der Waals surface area contributed by atoms with Crippen molar-refractivity contribution in [3.8, 4) is 17.1 Å². The molecular formula is C19H15FN2O3. The molecule has 1 aromatic heterocycles. The van der Waals surface area contributed by atoms with E-state index in [1.165, 1.54) is 12.3 Å². The second-order valence-corrected chi connectivity index (χ2v) is 5.11. The van der Waals surface area contributed by atoms with Crippen LogP contribution in [-0.4, -0.2) is 19.2 Å². The van der Waals surface area contributed by atoms with E-state index in [1.54, 1.807) is 61.7 Å². The van der Waals surface area contributed by atoms with E-state index in [0.29, 0.717) is 28.4 Å². The molecule has 126 valence electrons. The Hall–Kier alpha value is -3.41. The highest BCUT2D eigenvalue weighted by Crippen LogP contribution is 2.24. The molecule has 1 heterocycles. The Morgan fingerprint density at radius 1 is 1.12 bits per heavy atom. The molecule has 1 amide bonds. The van der Waals surface area contributed by atoms with Crippen molar-refractivity contribution in [3.05, 3.63) is 77.8 Å². The zero-order valence-corrected chi connectivity index (χ0v) is 13.4. The first-order valence-corrected chi connectivity index (χ1v) is 7.49. The Labute approximate surface area is 143 Å². The largest absolute Gasteiger partial charge is 0.497 e. The van der Waals surface area contributed by atoms with Gasteiger partial charge in [-0.3, -0.25) is 4.79 Å². The Morgan fingerprint density at radius 2 is 1.88 bits per heavy atom. The lowest BCUT2D eigenvalue weighted by atomic mass is 10.1. The van der Waals surface area contributed by atoms with Gasteiger partial charge in [-0.1, -0.05) is 12.1 Å². The van der Waals surface area contributed by atoms with E-state index in [4.69, 9.17) is 9.15 Å². The van der Waals surface area contributed by atoms with Gasteiger partial charge in [-0.15, -0.1) is 0 Å². The lowest BCUT2D eigenvalue weighted by Gasteiger charge is -2.01. The van der Waals surface area contributed by atoms with E-state index in [0.717, 1.165) is 0 Å². The third kappa shape index (κ3) is 3.92. The van der Waals surface area contributed by atoms with E-state index < -0.39 is 0 Å². The number of hydrogen-bond acceptors (Lipinski definition) is 4. The summed E-state index contributed by atoms with van der Waals surface area (Å²) in [5, 5.41) is 3.85. The first-order chi connectivity index (χ1) is 12.2. The van der Waals surface area contributed by atoms with Crippen molar-refractivity contribution in [2.45, 2.75) is 0 Å². The van der Waals surface area contributed by atoms with Gasteiger partial charge in [0.1, 0.15) is 23.1 Å². The lowest BCUT2D eigenvalue weighted by Crippen LogP contribution is -2.17. The Balaban J connectivity index is 1.64. The van der Waals surface area contributed by atoms with E-state index in [2.05, 4.69) is 10.5 Å². The Morgan fingerprint density at radius 3 is 2.60 bits per heavy atom. The molecule has 0 saturated carbocycles. The maximum Gasteiger partial charge on any atom is 0.271 e.